The molecule has 1 aromatic heterocycles. The van der Waals surface area contributed by atoms with Crippen LogP contribution >= 0.6 is 0 Å². The monoisotopic (exact) mass is 404 g/mol. The van der Waals surface area contributed by atoms with E-state index in [9.17, 15) is 23.3 Å². The first kappa shape index (κ1) is 19.2. The Morgan fingerprint density at radius 1 is 1.21 bits per heavy atom. The van der Waals surface area contributed by atoms with Gasteiger partial charge >= 0.3 is 0 Å². The number of methoxy groups -OCH3 is 1. The molecule has 0 fully saturated rings. The van der Waals surface area contributed by atoms with Crippen molar-refractivity contribution < 1.29 is 22.9 Å². The van der Waals surface area contributed by atoms with E-state index in [0.717, 1.165) is 6.26 Å². The minimum Gasteiger partial charge on any atom is -0.497 e. The molecular weight excluding hydrogens is 388 g/mol. The lowest BCUT2D eigenvalue weighted by Crippen LogP contribution is -2.29. The van der Waals surface area contributed by atoms with E-state index in [4.69, 9.17) is 4.74 Å². The van der Waals surface area contributed by atoms with Crippen LogP contribution in [0.15, 0.2) is 42.5 Å². The Morgan fingerprint density at radius 3 is 2.61 bits per heavy atom. The molecule has 0 spiro atoms. The number of nitrogens with one attached hydrogen (secondary N) is 3. The summed E-state index contributed by atoms with van der Waals surface area (Å²) < 4.78 is 29.6. The maximum atomic E-state index is 12.1. The highest BCUT2D eigenvalue weighted by molar-refractivity contribution is 7.89. The lowest BCUT2D eigenvalue weighted by molar-refractivity contribution is -0.383. The molecule has 0 saturated carbocycles. The molecule has 0 atom stereocenters. The minimum absolute atomic E-state index is 0.0940. The van der Waals surface area contributed by atoms with Crippen molar-refractivity contribution in [3.05, 3.63) is 58.3 Å². The molecule has 11 heteroatoms. The predicted molar refractivity (Wildman–Crippen MR) is 104 cm³/mol. The number of nitro groups is 1. The number of hydrogen-bond donors (Lipinski definition) is 3. The number of fused-ring (bicyclic) bond motifs is 1. The molecule has 0 bridgehead atoms. The summed E-state index contributed by atoms with van der Waals surface area (Å²) in [7, 11) is -2.25. The number of sulfonamides is 1. The number of nitrogens with zero attached hydrogens (tertiary/aromatic N) is 1. The maximum Gasteiger partial charge on any atom is 0.293 e. The van der Waals surface area contributed by atoms with Gasteiger partial charge in [0, 0.05) is 28.9 Å². The molecule has 3 N–H and O–H groups in total. The van der Waals surface area contributed by atoms with Crippen molar-refractivity contribution in [3.8, 4) is 5.75 Å². The van der Waals surface area contributed by atoms with Gasteiger partial charge in [0.15, 0.2) is 0 Å². The molecule has 0 radical (unpaired) electrons. The number of benzene rings is 2. The van der Waals surface area contributed by atoms with Gasteiger partial charge in [0.2, 0.25) is 10.0 Å². The van der Waals surface area contributed by atoms with Crippen molar-refractivity contribution in [2.75, 3.05) is 18.7 Å². The number of aromatic amines is 1. The quantitative estimate of drug-likeness (QED) is 0.423. The summed E-state index contributed by atoms with van der Waals surface area (Å²) in [6.07, 6.45) is 0.839. The summed E-state index contributed by atoms with van der Waals surface area (Å²) in [6.45, 7) is 0. The molecule has 0 saturated heterocycles. The van der Waals surface area contributed by atoms with Crippen LogP contribution in [0.4, 0.5) is 17.1 Å². The van der Waals surface area contributed by atoms with Gasteiger partial charge in [-0.2, -0.15) is 0 Å². The minimum atomic E-state index is -3.78. The Balaban J connectivity index is 2.09. The van der Waals surface area contributed by atoms with Gasteiger partial charge in [-0.15, -0.1) is 0 Å². The molecule has 3 rings (SSSR count). The van der Waals surface area contributed by atoms with Gasteiger partial charge in [0.1, 0.15) is 17.0 Å². The van der Waals surface area contributed by atoms with Gasteiger partial charge in [-0.05, 0) is 24.3 Å². The van der Waals surface area contributed by atoms with Crippen LogP contribution in [0.25, 0.3) is 10.9 Å². The molecule has 0 aliphatic heterocycles. The van der Waals surface area contributed by atoms with Gasteiger partial charge in [0.05, 0.1) is 18.3 Å². The Labute approximate surface area is 159 Å². The first-order valence-electron chi connectivity index (χ1n) is 7.91. The zero-order chi connectivity index (χ0) is 20.5. The van der Waals surface area contributed by atoms with Crippen LogP contribution in [0, 0.1) is 10.1 Å². The van der Waals surface area contributed by atoms with Crippen LogP contribution < -0.4 is 14.8 Å². The smallest absolute Gasteiger partial charge is 0.293 e. The van der Waals surface area contributed by atoms with Crippen molar-refractivity contribution in [2.45, 2.75) is 0 Å². The number of hydrogen-bond acceptors (Lipinski definition) is 7. The molecule has 1 amide bonds. The molecule has 2 aromatic carbocycles. The van der Waals surface area contributed by atoms with E-state index in [0.29, 0.717) is 22.5 Å². The van der Waals surface area contributed by atoms with Gasteiger partial charge in [-0.1, -0.05) is 6.07 Å². The van der Waals surface area contributed by atoms with Crippen LogP contribution in [0.5, 0.6) is 5.75 Å². The van der Waals surface area contributed by atoms with E-state index in [1.165, 1.54) is 25.3 Å². The third-order valence-electron chi connectivity index (χ3n) is 3.84. The average molecular weight is 404 g/mol. The third kappa shape index (κ3) is 4.04. The van der Waals surface area contributed by atoms with E-state index in [2.05, 4.69) is 10.3 Å². The predicted octanol–water partition coefficient (Wildman–Crippen LogP) is 2.52. The molecule has 0 unspecified atom stereocenters. The number of nitro benzene ring substituents is 1. The fourth-order valence-electron chi connectivity index (χ4n) is 2.67. The summed E-state index contributed by atoms with van der Waals surface area (Å²) in [6, 6.07) is 11.2. The Hall–Kier alpha value is -3.60. The number of non-ortho nitro benzene ring substituents is 1. The highest BCUT2D eigenvalue weighted by Gasteiger charge is 2.21. The van der Waals surface area contributed by atoms with E-state index >= 15 is 0 Å². The Morgan fingerprint density at radius 2 is 1.96 bits per heavy atom. The highest BCUT2D eigenvalue weighted by atomic mass is 32.2. The molecule has 1 heterocycles. The number of aromatic nitrogens is 1. The normalized spacial score (nSPS) is 11.2. The molecular formula is C17H16N4O6S. The highest BCUT2D eigenvalue weighted by Crippen LogP contribution is 2.34. The molecule has 0 aliphatic rings. The summed E-state index contributed by atoms with van der Waals surface area (Å²) in [5.74, 6) is -0.300. The fourth-order valence-corrected chi connectivity index (χ4v) is 3.11. The van der Waals surface area contributed by atoms with Crippen molar-refractivity contribution in [1.82, 2.24) is 9.71 Å². The van der Waals surface area contributed by atoms with Crippen molar-refractivity contribution >= 4 is 43.9 Å². The van der Waals surface area contributed by atoms with Crippen molar-refractivity contribution in [3.63, 3.8) is 0 Å². The van der Waals surface area contributed by atoms with E-state index < -0.39 is 20.9 Å². The van der Waals surface area contributed by atoms with Gasteiger partial charge in [-0.25, -0.2) is 13.1 Å². The van der Waals surface area contributed by atoms with Gasteiger partial charge in [-0.3, -0.25) is 14.9 Å². The Kier molecular flexibility index (Phi) is 4.92. The zero-order valence-corrected chi connectivity index (χ0v) is 15.7. The number of ether oxygens (including phenoxy) is 1. The van der Waals surface area contributed by atoms with E-state index in [1.54, 1.807) is 24.3 Å². The number of carbonyl (C=O) groups is 1. The van der Waals surface area contributed by atoms with Crippen LogP contribution in [0.1, 0.15) is 10.5 Å². The molecule has 28 heavy (non-hydrogen) atoms. The lowest BCUT2D eigenvalue weighted by atomic mass is 10.1. The average Bonchev–Trinajstić information content (AvgIpc) is 3.06. The molecule has 3 aromatic rings. The number of carbonyl (C=O) groups excluding carboxylic acids is 1. The SMILES string of the molecule is COc1cccc(Nc2ccc([N+](=O)[O-])c3[nH]c(C(=O)NS(C)(=O)=O)cc23)c1. The lowest BCUT2D eigenvalue weighted by Gasteiger charge is -2.09. The first-order valence-corrected chi connectivity index (χ1v) is 9.80. The summed E-state index contributed by atoms with van der Waals surface area (Å²) >= 11 is 0. The third-order valence-corrected chi connectivity index (χ3v) is 4.40. The van der Waals surface area contributed by atoms with Gasteiger partial charge < -0.3 is 15.0 Å². The summed E-state index contributed by atoms with van der Waals surface area (Å²) in [5, 5.41) is 14.8. The number of amides is 1. The first-order chi connectivity index (χ1) is 13.2. The topological polar surface area (TPSA) is 143 Å². The number of H-pyrrole nitrogens is 1. The maximum absolute atomic E-state index is 12.1. The van der Waals surface area contributed by atoms with Gasteiger partial charge in [0.25, 0.3) is 11.6 Å². The second-order valence-corrected chi connectivity index (χ2v) is 7.67. The van der Waals surface area contributed by atoms with Crippen LogP contribution in [0.3, 0.4) is 0 Å². The summed E-state index contributed by atoms with van der Waals surface area (Å²) in [5.41, 5.74) is 0.880. The second-order valence-electron chi connectivity index (χ2n) is 5.92. The standard InChI is InChI=1S/C17H16N4O6S/c1-27-11-5-3-4-10(8-11)18-13-6-7-15(21(23)24)16-12(13)9-14(19-16)17(22)20-28(2,25)26/h3-9,18-19H,1-2H3,(H,20,22). The Bertz CT molecular complexity index is 1190. The molecule has 10 nitrogen and oxygen atoms in total. The van der Waals surface area contributed by atoms with Crippen molar-refractivity contribution in [1.29, 1.82) is 0 Å². The van der Waals surface area contributed by atoms with E-state index in [-0.39, 0.29) is 16.9 Å². The summed E-state index contributed by atoms with van der Waals surface area (Å²) in [4.78, 5) is 25.5. The molecule has 146 valence electrons. The van der Waals surface area contributed by atoms with Crippen LogP contribution in [-0.2, 0) is 10.0 Å². The van der Waals surface area contributed by atoms with Crippen LogP contribution in [-0.4, -0.2) is 37.6 Å². The number of rotatable bonds is 6. The van der Waals surface area contributed by atoms with E-state index in [1.807, 2.05) is 4.72 Å². The van der Waals surface area contributed by atoms with Crippen molar-refractivity contribution in [2.24, 2.45) is 0 Å². The zero-order valence-electron chi connectivity index (χ0n) is 14.8. The number of anilines is 2. The van der Waals surface area contributed by atoms with Crippen LogP contribution in [0.2, 0.25) is 0 Å². The fraction of sp³-hybridized carbons (Fsp3) is 0.118. The second kappa shape index (κ2) is 7.19. The molecule has 0 aliphatic carbocycles. The largest absolute Gasteiger partial charge is 0.497 e.